The molecule has 0 saturated carbocycles. The molecular weight excluding hydrogens is 200 g/mol. The Morgan fingerprint density at radius 1 is 1.33 bits per heavy atom. The van der Waals surface area contributed by atoms with Crippen LogP contribution in [0.2, 0.25) is 0 Å². The maximum atomic E-state index is 13.6. The van der Waals surface area contributed by atoms with Crippen LogP contribution in [0.5, 0.6) is 5.75 Å². The lowest BCUT2D eigenvalue weighted by atomic mass is 9.97. The summed E-state index contributed by atoms with van der Waals surface area (Å²) >= 11 is 0. The van der Waals surface area contributed by atoms with Gasteiger partial charge in [-0.3, -0.25) is 0 Å². The molecule has 15 heavy (non-hydrogen) atoms. The van der Waals surface area contributed by atoms with Gasteiger partial charge in [-0.25, -0.2) is 4.39 Å². The lowest BCUT2D eigenvalue weighted by Gasteiger charge is -2.12. The van der Waals surface area contributed by atoms with Crippen molar-refractivity contribution in [1.29, 1.82) is 0 Å². The van der Waals surface area contributed by atoms with Crippen LogP contribution in [0.4, 0.5) is 8.78 Å². The van der Waals surface area contributed by atoms with Crippen molar-refractivity contribution in [2.45, 2.75) is 12.3 Å². The summed E-state index contributed by atoms with van der Waals surface area (Å²) in [6.07, 6.45) is 0.850. The number of hydrogen-bond acceptors (Lipinski definition) is 2. The highest BCUT2D eigenvalue weighted by molar-refractivity contribution is 5.33. The molecule has 1 saturated heterocycles. The quantitative estimate of drug-likeness (QED) is 0.811. The average Bonchev–Trinajstić information content (AvgIpc) is 2.75. The molecule has 0 radical (unpaired) electrons. The molecule has 82 valence electrons. The van der Waals surface area contributed by atoms with E-state index in [9.17, 15) is 8.78 Å². The molecule has 2 rings (SSSR count). The number of hydrogen-bond donors (Lipinski definition) is 1. The van der Waals surface area contributed by atoms with Crippen molar-refractivity contribution in [3.8, 4) is 5.75 Å². The normalized spacial score (nSPS) is 20.6. The Labute approximate surface area is 87.2 Å². The number of ether oxygens (including phenoxy) is 1. The van der Waals surface area contributed by atoms with Crippen LogP contribution in [-0.2, 0) is 0 Å². The summed E-state index contributed by atoms with van der Waals surface area (Å²) < 4.78 is 31.7. The first-order valence-corrected chi connectivity index (χ1v) is 4.96. The second-order valence-corrected chi connectivity index (χ2v) is 3.67. The van der Waals surface area contributed by atoms with E-state index in [0.717, 1.165) is 13.0 Å². The van der Waals surface area contributed by atoms with Gasteiger partial charge >= 0.3 is 0 Å². The van der Waals surface area contributed by atoms with Crippen LogP contribution in [0.3, 0.4) is 0 Å². The highest BCUT2D eigenvalue weighted by Crippen LogP contribution is 2.30. The molecule has 1 aliphatic heterocycles. The highest BCUT2D eigenvalue weighted by Gasteiger charge is 2.23. The summed E-state index contributed by atoms with van der Waals surface area (Å²) in [6.45, 7) is 1.57. The van der Waals surface area contributed by atoms with Crippen molar-refractivity contribution in [1.82, 2.24) is 5.32 Å². The fraction of sp³-hybridized carbons (Fsp3) is 0.455. The Bertz CT molecular complexity index is 362. The van der Waals surface area contributed by atoms with Gasteiger partial charge in [-0.15, -0.1) is 0 Å². The van der Waals surface area contributed by atoms with Crippen molar-refractivity contribution in [2.24, 2.45) is 0 Å². The SMILES string of the molecule is COc1ccc(C2CCNC2)c(F)c1F. The molecule has 2 nitrogen and oxygen atoms in total. The van der Waals surface area contributed by atoms with Crippen LogP contribution < -0.4 is 10.1 Å². The minimum absolute atomic E-state index is 0.0396. The Hall–Kier alpha value is -1.16. The first-order chi connectivity index (χ1) is 7.24. The average molecular weight is 213 g/mol. The minimum atomic E-state index is -0.887. The third-order valence-electron chi connectivity index (χ3n) is 2.80. The van der Waals surface area contributed by atoms with Gasteiger partial charge in [0.25, 0.3) is 0 Å². The second-order valence-electron chi connectivity index (χ2n) is 3.67. The zero-order valence-corrected chi connectivity index (χ0v) is 8.52. The molecule has 0 bridgehead atoms. The summed E-state index contributed by atoms with van der Waals surface area (Å²) in [6, 6.07) is 3.08. The van der Waals surface area contributed by atoms with Gasteiger partial charge in [-0.1, -0.05) is 6.07 Å². The van der Waals surface area contributed by atoms with Gasteiger partial charge in [-0.2, -0.15) is 4.39 Å². The van der Waals surface area contributed by atoms with E-state index in [-0.39, 0.29) is 11.7 Å². The molecular formula is C11H13F2NO. The van der Waals surface area contributed by atoms with E-state index in [2.05, 4.69) is 5.32 Å². The summed E-state index contributed by atoms with van der Waals surface area (Å²) in [4.78, 5) is 0. The molecule has 1 aromatic carbocycles. The van der Waals surface area contributed by atoms with Gasteiger partial charge in [0.05, 0.1) is 7.11 Å². The van der Waals surface area contributed by atoms with Crippen LogP contribution in [0, 0.1) is 11.6 Å². The van der Waals surface area contributed by atoms with Gasteiger partial charge in [0.2, 0.25) is 5.82 Å². The molecule has 0 aromatic heterocycles. The lowest BCUT2D eigenvalue weighted by molar-refractivity contribution is 0.369. The number of benzene rings is 1. The molecule has 1 atom stereocenters. The number of rotatable bonds is 2. The fourth-order valence-electron chi connectivity index (χ4n) is 1.94. The summed E-state index contributed by atoms with van der Waals surface area (Å²) in [5, 5.41) is 3.13. The van der Waals surface area contributed by atoms with Gasteiger partial charge in [0.15, 0.2) is 11.6 Å². The van der Waals surface area contributed by atoms with E-state index in [1.807, 2.05) is 0 Å². The van der Waals surface area contributed by atoms with E-state index >= 15 is 0 Å². The second kappa shape index (κ2) is 4.14. The fourth-order valence-corrected chi connectivity index (χ4v) is 1.94. The Morgan fingerprint density at radius 2 is 2.13 bits per heavy atom. The van der Waals surface area contributed by atoms with E-state index < -0.39 is 11.6 Å². The third kappa shape index (κ3) is 1.81. The van der Waals surface area contributed by atoms with Gasteiger partial charge in [0, 0.05) is 12.5 Å². The molecule has 1 unspecified atom stereocenters. The van der Waals surface area contributed by atoms with E-state index in [1.165, 1.54) is 13.2 Å². The molecule has 1 N–H and O–H groups in total. The number of halogens is 2. The standard InChI is InChI=1S/C11H13F2NO/c1-15-9-3-2-8(10(12)11(9)13)7-4-5-14-6-7/h2-3,7,14H,4-6H2,1H3. The van der Waals surface area contributed by atoms with Crippen molar-refractivity contribution in [3.05, 3.63) is 29.3 Å². The topological polar surface area (TPSA) is 21.3 Å². The maximum Gasteiger partial charge on any atom is 0.200 e. The number of methoxy groups -OCH3 is 1. The van der Waals surface area contributed by atoms with Crippen molar-refractivity contribution in [2.75, 3.05) is 20.2 Å². The summed E-state index contributed by atoms with van der Waals surface area (Å²) in [7, 11) is 1.33. The zero-order valence-electron chi connectivity index (χ0n) is 8.52. The van der Waals surface area contributed by atoms with Crippen LogP contribution in [0.1, 0.15) is 17.9 Å². The molecule has 1 aliphatic rings. The van der Waals surface area contributed by atoms with Gasteiger partial charge in [0.1, 0.15) is 0 Å². The highest BCUT2D eigenvalue weighted by atomic mass is 19.2. The largest absolute Gasteiger partial charge is 0.494 e. The minimum Gasteiger partial charge on any atom is -0.494 e. The van der Waals surface area contributed by atoms with Crippen LogP contribution >= 0.6 is 0 Å². The predicted molar refractivity (Wildman–Crippen MR) is 53.1 cm³/mol. The van der Waals surface area contributed by atoms with Crippen LogP contribution in [-0.4, -0.2) is 20.2 Å². The van der Waals surface area contributed by atoms with E-state index in [1.54, 1.807) is 6.07 Å². The van der Waals surface area contributed by atoms with E-state index in [0.29, 0.717) is 12.1 Å². The first-order valence-electron chi connectivity index (χ1n) is 4.96. The molecule has 0 spiro atoms. The van der Waals surface area contributed by atoms with Crippen molar-refractivity contribution in [3.63, 3.8) is 0 Å². The molecule has 0 amide bonds. The molecule has 4 heteroatoms. The van der Waals surface area contributed by atoms with Gasteiger partial charge in [-0.05, 0) is 24.6 Å². The monoisotopic (exact) mass is 213 g/mol. The molecule has 0 aliphatic carbocycles. The lowest BCUT2D eigenvalue weighted by Crippen LogP contribution is -2.09. The predicted octanol–water partition coefficient (Wildman–Crippen LogP) is 2.05. The maximum absolute atomic E-state index is 13.6. The summed E-state index contributed by atoms with van der Waals surface area (Å²) in [5.41, 5.74) is 0.443. The van der Waals surface area contributed by atoms with Crippen molar-refractivity contribution < 1.29 is 13.5 Å². The Balaban J connectivity index is 2.36. The third-order valence-corrected chi connectivity index (χ3v) is 2.80. The van der Waals surface area contributed by atoms with Crippen molar-refractivity contribution >= 4 is 0 Å². The van der Waals surface area contributed by atoms with Gasteiger partial charge < -0.3 is 10.1 Å². The smallest absolute Gasteiger partial charge is 0.200 e. The first kappa shape index (κ1) is 10.4. The molecule has 1 aromatic rings. The number of nitrogens with one attached hydrogen (secondary N) is 1. The molecule has 1 heterocycles. The summed E-state index contributed by atoms with van der Waals surface area (Å²) in [5.74, 6) is -1.63. The Morgan fingerprint density at radius 3 is 2.73 bits per heavy atom. The Kier molecular flexibility index (Phi) is 2.86. The van der Waals surface area contributed by atoms with Crippen LogP contribution in [0.25, 0.3) is 0 Å². The van der Waals surface area contributed by atoms with Crippen LogP contribution in [0.15, 0.2) is 12.1 Å². The molecule has 1 fully saturated rings. The zero-order chi connectivity index (χ0) is 10.8. The van der Waals surface area contributed by atoms with E-state index in [4.69, 9.17) is 4.74 Å².